The molecule has 0 bridgehead atoms. The Hall–Kier alpha value is -0.540. The molecule has 2 nitrogen and oxygen atoms in total. The van der Waals surface area contributed by atoms with E-state index >= 15 is 0 Å². The van der Waals surface area contributed by atoms with Crippen LogP contribution >= 0.6 is 11.6 Å². The molecule has 1 aromatic carbocycles. The molecule has 0 aliphatic carbocycles. The summed E-state index contributed by atoms with van der Waals surface area (Å²) in [6.45, 7) is 0. The van der Waals surface area contributed by atoms with Gasteiger partial charge in [-0.25, -0.2) is 8.42 Å². The molecular weight excluding hydrogens is 196 g/mol. The van der Waals surface area contributed by atoms with Crippen LogP contribution in [-0.4, -0.2) is 14.7 Å². The largest absolute Gasteiger partial charge is 0.229 e. The highest BCUT2D eigenvalue weighted by Gasteiger charge is 2.06. The molecule has 0 unspecified atom stereocenters. The molecule has 1 rings (SSSR count). The third kappa shape index (κ3) is 2.83. The molecule has 0 spiro atoms. The molecule has 12 heavy (non-hydrogen) atoms. The monoisotopic (exact) mass is 204 g/mol. The molecule has 4 heteroatoms. The van der Waals surface area contributed by atoms with E-state index in [-0.39, 0.29) is 5.75 Å². The summed E-state index contributed by atoms with van der Waals surface area (Å²) < 4.78 is 21.8. The van der Waals surface area contributed by atoms with Gasteiger partial charge in [0.1, 0.15) is 0 Å². The summed E-state index contributed by atoms with van der Waals surface area (Å²) in [5.74, 6) is 0.00662. The Morgan fingerprint density at radius 3 is 2.42 bits per heavy atom. The zero-order chi connectivity index (χ0) is 9.19. The van der Waals surface area contributed by atoms with Crippen LogP contribution in [0.3, 0.4) is 0 Å². The van der Waals surface area contributed by atoms with E-state index in [4.69, 9.17) is 11.6 Å². The van der Waals surface area contributed by atoms with Crippen LogP contribution in [0.1, 0.15) is 5.56 Å². The van der Waals surface area contributed by atoms with Crippen molar-refractivity contribution in [3.05, 3.63) is 34.9 Å². The molecule has 0 aliphatic rings. The average Bonchev–Trinajstić information content (AvgIpc) is 1.91. The lowest BCUT2D eigenvalue weighted by Crippen LogP contribution is -2.00. The van der Waals surface area contributed by atoms with Gasteiger partial charge in [-0.15, -0.1) is 0 Å². The van der Waals surface area contributed by atoms with Crippen LogP contribution in [0.5, 0.6) is 0 Å². The second-order valence-electron chi connectivity index (χ2n) is 2.66. The first-order valence-electron chi connectivity index (χ1n) is 3.40. The maximum atomic E-state index is 10.9. The van der Waals surface area contributed by atoms with Gasteiger partial charge in [0.2, 0.25) is 0 Å². The smallest absolute Gasteiger partial charge is 0.151 e. The lowest BCUT2D eigenvalue weighted by atomic mass is 10.2. The molecule has 1 aromatic rings. The number of rotatable bonds is 2. The highest BCUT2D eigenvalue weighted by molar-refractivity contribution is 7.89. The van der Waals surface area contributed by atoms with E-state index in [0.29, 0.717) is 10.6 Å². The zero-order valence-electron chi connectivity index (χ0n) is 6.62. The number of sulfone groups is 1. The van der Waals surface area contributed by atoms with E-state index in [1.807, 2.05) is 0 Å². The van der Waals surface area contributed by atoms with Gasteiger partial charge < -0.3 is 0 Å². The molecule has 0 aromatic heterocycles. The predicted molar refractivity (Wildman–Crippen MR) is 50.0 cm³/mol. The summed E-state index contributed by atoms with van der Waals surface area (Å²) in [5, 5.41) is 0.503. The minimum atomic E-state index is -2.98. The third-order valence-corrected chi connectivity index (χ3v) is 2.58. The second-order valence-corrected chi connectivity index (χ2v) is 5.21. The lowest BCUT2D eigenvalue weighted by Gasteiger charge is -2.00. The van der Waals surface area contributed by atoms with Gasteiger partial charge in [0.25, 0.3) is 0 Å². The Bertz CT molecular complexity index is 370. The predicted octanol–water partition coefficient (Wildman–Crippen LogP) is 1.88. The van der Waals surface area contributed by atoms with Crippen LogP contribution in [0.4, 0.5) is 0 Å². The van der Waals surface area contributed by atoms with Crippen molar-refractivity contribution in [3.8, 4) is 0 Å². The summed E-state index contributed by atoms with van der Waals surface area (Å²) in [5.41, 5.74) is 0.654. The van der Waals surface area contributed by atoms with Crippen molar-refractivity contribution < 1.29 is 8.42 Å². The second kappa shape index (κ2) is 3.46. The van der Waals surface area contributed by atoms with Gasteiger partial charge in [0, 0.05) is 11.3 Å². The first-order valence-corrected chi connectivity index (χ1v) is 5.84. The third-order valence-electron chi connectivity index (χ3n) is 1.38. The van der Waals surface area contributed by atoms with Gasteiger partial charge in [-0.05, 0) is 11.6 Å². The molecule has 66 valence electrons. The Kier molecular flexibility index (Phi) is 2.75. The summed E-state index contributed by atoms with van der Waals surface area (Å²) in [7, 11) is -2.98. The first-order chi connectivity index (χ1) is 5.49. The molecule has 0 aliphatic heterocycles. The van der Waals surface area contributed by atoms with E-state index in [1.54, 1.807) is 24.3 Å². The molecule has 0 fully saturated rings. The van der Waals surface area contributed by atoms with Crippen LogP contribution in [-0.2, 0) is 15.6 Å². The van der Waals surface area contributed by atoms with Crippen LogP contribution in [0.2, 0.25) is 5.02 Å². The van der Waals surface area contributed by atoms with Crippen LogP contribution in [0.25, 0.3) is 0 Å². The lowest BCUT2D eigenvalue weighted by molar-refractivity contribution is 0.601. The SMILES string of the molecule is CS(=O)(=O)Cc1ccccc1Cl. The van der Waals surface area contributed by atoms with Crippen LogP contribution in [0, 0.1) is 0 Å². The number of benzene rings is 1. The molecule has 0 radical (unpaired) electrons. The summed E-state index contributed by atoms with van der Waals surface area (Å²) in [4.78, 5) is 0. The fourth-order valence-corrected chi connectivity index (χ4v) is 2.00. The van der Waals surface area contributed by atoms with Crippen molar-refractivity contribution in [2.45, 2.75) is 5.75 Å². The van der Waals surface area contributed by atoms with E-state index in [0.717, 1.165) is 0 Å². The average molecular weight is 205 g/mol. The Morgan fingerprint density at radius 2 is 1.92 bits per heavy atom. The molecule has 0 amide bonds. The van der Waals surface area contributed by atoms with Gasteiger partial charge in [0.05, 0.1) is 5.75 Å². The van der Waals surface area contributed by atoms with Crippen LogP contribution < -0.4 is 0 Å². The number of hydrogen-bond donors (Lipinski definition) is 0. The van der Waals surface area contributed by atoms with Gasteiger partial charge in [-0.2, -0.15) is 0 Å². The normalized spacial score (nSPS) is 11.5. The maximum absolute atomic E-state index is 10.9. The standard InChI is InChI=1S/C8H9ClO2S/c1-12(10,11)6-7-4-2-3-5-8(7)9/h2-5H,6H2,1H3. The molecule has 0 N–H and O–H groups in total. The summed E-state index contributed by atoms with van der Waals surface area (Å²) in [6, 6.07) is 6.94. The summed E-state index contributed by atoms with van der Waals surface area (Å²) >= 11 is 5.77. The molecular formula is C8H9ClO2S. The molecule has 0 atom stereocenters. The van der Waals surface area contributed by atoms with Crippen molar-refractivity contribution in [2.24, 2.45) is 0 Å². The van der Waals surface area contributed by atoms with Gasteiger partial charge in [-0.1, -0.05) is 29.8 Å². The van der Waals surface area contributed by atoms with Crippen molar-refractivity contribution in [2.75, 3.05) is 6.26 Å². The van der Waals surface area contributed by atoms with E-state index in [9.17, 15) is 8.42 Å². The zero-order valence-corrected chi connectivity index (χ0v) is 8.19. The molecule has 0 heterocycles. The van der Waals surface area contributed by atoms with Crippen molar-refractivity contribution in [1.82, 2.24) is 0 Å². The van der Waals surface area contributed by atoms with Gasteiger partial charge >= 0.3 is 0 Å². The fraction of sp³-hybridized carbons (Fsp3) is 0.250. The Balaban J connectivity index is 2.98. The van der Waals surface area contributed by atoms with Crippen molar-refractivity contribution in [3.63, 3.8) is 0 Å². The van der Waals surface area contributed by atoms with Gasteiger partial charge in [0.15, 0.2) is 9.84 Å². The van der Waals surface area contributed by atoms with E-state index in [2.05, 4.69) is 0 Å². The summed E-state index contributed by atoms with van der Waals surface area (Å²) in [6.07, 6.45) is 1.19. The minimum Gasteiger partial charge on any atom is -0.229 e. The Morgan fingerprint density at radius 1 is 1.33 bits per heavy atom. The van der Waals surface area contributed by atoms with Crippen molar-refractivity contribution >= 4 is 21.4 Å². The van der Waals surface area contributed by atoms with Crippen molar-refractivity contribution in [1.29, 1.82) is 0 Å². The Labute approximate surface area is 77.1 Å². The number of hydrogen-bond acceptors (Lipinski definition) is 2. The van der Waals surface area contributed by atoms with Crippen LogP contribution in [0.15, 0.2) is 24.3 Å². The fourth-order valence-electron chi connectivity index (χ4n) is 0.898. The highest BCUT2D eigenvalue weighted by Crippen LogP contribution is 2.16. The molecule has 0 saturated carbocycles. The van der Waals surface area contributed by atoms with Gasteiger partial charge in [-0.3, -0.25) is 0 Å². The quantitative estimate of drug-likeness (QED) is 0.737. The van der Waals surface area contributed by atoms with E-state index < -0.39 is 9.84 Å². The number of halogens is 1. The molecule has 0 saturated heterocycles. The highest BCUT2D eigenvalue weighted by atomic mass is 35.5. The topological polar surface area (TPSA) is 34.1 Å². The first kappa shape index (κ1) is 9.55. The maximum Gasteiger partial charge on any atom is 0.151 e. The minimum absolute atomic E-state index is 0.00662. The van der Waals surface area contributed by atoms with E-state index in [1.165, 1.54) is 6.26 Å².